The van der Waals surface area contributed by atoms with Crippen LogP contribution in [0.25, 0.3) is 22.5 Å². The summed E-state index contributed by atoms with van der Waals surface area (Å²) in [7, 11) is -3.32. The van der Waals surface area contributed by atoms with Crippen molar-refractivity contribution in [3.05, 3.63) is 103 Å². The highest BCUT2D eigenvalue weighted by molar-refractivity contribution is 7.86. The number of benzene rings is 3. The number of pyridine rings is 2. The molecule has 0 radical (unpaired) electrons. The molecule has 0 N–H and O–H groups in total. The molecule has 5 nitrogen and oxygen atoms in total. The lowest BCUT2D eigenvalue weighted by atomic mass is 10.1. The van der Waals surface area contributed by atoms with Gasteiger partial charge in [-0.2, -0.15) is 0 Å². The van der Waals surface area contributed by atoms with Gasteiger partial charge in [0.05, 0.1) is 22.0 Å². The molecule has 0 unspecified atom stereocenters. The Hall–Kier alpha value is -4.21. The fourth-order valence-electron chi connectivity index (χ4n) is 4.67. The van der Waals surface area contributed by atoms with Crippen LogP contribution in [0.5, 0.6) is 23.0 Å². The van der Waals surface area contributed by atoms with Crippen molar-refractivity contribution in [1.29, 1.82) is 0 Å². The summed E-state index contributed by atoms with van der Waals surface area (Å²) in [5.74, 6) is 2.30. The fourth-order valence-corrected chi connectivity index (χ4v) is 7.78. The molecule has 0 saturated heterocycles. The predicted octanol–water partition coefficient (Wildman–Crippen LogP) is 5.66. The van der Waals surface area contributed by atoms with Crippen LogP contribution in [0.4, 0.5) is 0 Å². The largest absolute Gasteiger partial charge is 0.456 e. The summed E-state index contributed by atoms with van der Waals surface area (Å²) in [5, 5.41) is 1.91. The van der Waals surface area contributed by atoms with Crippen LogP contribution in [-0.2, 0) is 4.57 Å². The average Bonchev–Trinajstić information content (AvgIpc) is 2.90. The first-order valence-corrected chi connectivity index (χ1v) is 12.6. The van der Waals surface area contributed by atoms with E-state index in [-0.39, 0.29) is 0 Å². The third-order valence-corrected chi connectivity index (χ3v) is 9.36. The van der Waals surface area contributed by atoms with Crippen LogP contribution in [0.1, 0.15) is 0 Å². The van der Waals surface area contributed by atoms with E-state index >= 15 is 4.57 Å². The first kappa shape index (κ1) is 19.3. The van der Waals surface area contributed by atoms with Crippen LogP contribution in [-0.4, -0.2) is 9.97 Å². The van der Waals surface area contributed by atoms with Crippen molar-refractivity contribution in [3.63, 3.8) is 0 Å². The molecule has 2 aliphatic rings. The molecule has 0 atom stereocenters. The molecule has 162 valence electrons. The maximum Gasteiger partial charge on any atom is 0.185 e. The second kappa shape index (κ2) is 7.14. The normalized spacial score (nSPS) is 14.1. The average molecular weight is 460 g/mol. The highest BCUT2D eigenvalue weighted by Crippen LogP contribution is 2.58. The van der Waals surface area contributed by atoms with Gasteiger partial charge in [-0.3, -0.25) is 9.97 Å². The minimum absolute atomic E-state index is 0.563. The summed E-state index contributed by atoms with van der Waals surface area (Å²) in [4.78, 5) is 8.96. The Bertz CT molecular complexity index is 1520. The van der Waals surface area contributed by atoms with Crippen LogP contribution in [0.3, 0.4) is 0 Å². The fraction of sp³-hybridized carbons (Fsp3) is 0. The molecule has 6 heteroatoms. The van der Waals surface area contributed by atoms with Crippen LogP contribution >= 0.6 is 7.14 Å². The Morgan fingerprint density at radius 1 is 0.559 bits per heavy atom. The van der Waals surface area contributed by atoms with Gasteiger partial charge >= 0.3 is 0 Å². The zero-order chi connectivity index (χ0) is 22.7. The lowest BCUT2D eigenvalue weighted by Gasteiger charge is -2.34. The van der Waals surface area contributed by atoms with Crippen LogP contribution in [0.15, 0.2) is 103 Å². The zero-order valence-electron chi connectivity index (χ0n) is 17.9. The summed E-state index contributed by atoms with van der Waals surface area (Å²) in [6.07, 6.45) is 3.51. The molecule has 3 aromatic carbocycles. The minimum Gasteiger partial charge on any atom is -0.456 e. The molecule has 5 aromatic rings. The molecule has 0 bridgehead atoms. The summed E-state index contributed by atoms with van der Waals surface area (Å²) >= 11 is 0. The number of aromatic nitrogens is 2. The van der Waals surface area contributed by atoms with Crippen molar-refractivity contribution in [3.8, 4) is 45.5 Å². The van der Waals surface area contributed by atoms with Gasteiger partial charge in [-0.05, 0) is 72.8 Å². The highest BCUT2D eigenvalue weighted by Gasteiger charge is 2.46. The maximum atomic E-state index is 15.3. The quantitative estimate of drug-likeness (QED) is 0.312. The SMILES string of the molecule is O=P12c3cc(-c4ccccn4)ccc3Oc3cccc(c31)Oc1ccc(-c3ccccn3)cc12. The minimum atomic E-state index is -3.32. The van der Waals surface area contributed by atoms with Gasteiger partial charge in [-0.1, -0.05) is 18.2 Å². The van der Waals surface area contributed by atoms with Crippen LogP contribution < -0.4 is 25.4 Å². The van der Waals surface area contributed by atoms with E-state index in [1.54, 1.807) is 12.4 Å². The van der Waals surface area contributed by atoms with E-state index in [1.807, 2.05) is 91.0 Å². The van der Waals surface area contributed by atoms with Gasteiger partial charge in [0, 0.05) is 23.5 Å². The third kappa shape index (κ3) is 2.71. The third-order valence-electron chi connectivity index (χ3n) is 6.23. The van der Waals surface area contributed by atoms with Gasteiger partial charge in [0.25, 0.3) is 0 Å². The highest BCUT2D eigenvalue weighted by atomic mass is 31.2. The van der Waals surface area contributed by atoms with Crippen molar-refractivity contribution in [2.24, 2.45) is 0 Å². The van der Waals surface area contributed by atoms with E-state index < -0.39 is 7.14 Å². The Morgan fingerprint density at radius 2 is 1.09 bits per heavy atom. The van der Waals surface area contributed by atoms with E-state index in [1.165, 1.54) is 0 Å². The number of hydrogen-bond acceptors (Lipinski definition) is 5. The smallest absolute Gasteiger partial charge is 0.185 e. The number of ether oxygens (including phenoxy) is 2. The van der Waals surface area contributed by atoms with Crippen molar-refractivity contribution < 1.29 is 14.0 Å². The van der Waals surface area contributed by atoms with E-state index in [9.17, 15) is 0 Å². The summed E-state index contributed by atoms with van der Waals surface area (Å²) < 4.78 is 27.8. The van der Waals surface area contributed by atoms with Gasteiger partial charge in [0.15, 0.2) is 7.14 Å². The number of nitrogens with zero attached hydrogens (tertiary/aromatic N) is 2. The standard InChI is InChI=1S/C28H17N2O3P/c31-34-26-16-18(20-6-1-3-14-29-20)10-12-22(26)32-24-8-5-9-25(28(24)34)33-23-13-11-19(17-27(23)34)21-7-2-4-15-30-21/h1-17H. The van der Waals surface area contributed by atoms with Gasteiger partial charge in [0.2, 0.25) is 0 Å². The predicted molar refractivity (Wildman–Crippen MR) is 132 cm³/mol. The van der Waals surface area contributed by atoms with Gasteiger partial charge in [0.1, 0.15) is 28.3 Å². The molecule has 0 spiro atoms. The van der Waals surface area contributed by atoms with E-state index in [0.29, 0.717) is 38.9 Å². The van der Waals surface area contributed by atoms with E-state index in [4.69, 9.17) is 9.47 Å². The van der Waals surface area contributed by atoms with Gasteiger partial charge in [-0.15, -0.1) is 0 Å². The molecule has 2 aliphatic heterocycles. The maximum absolute atomic E-state index is 15.3. The molecular formula is C28H17N2O3P. The molecule has 0 saturated carbocycles. The summed E-state index contributed by atoms with van der Waals surface area (Å²) in [6.45, 7) is 0. The summed E-state index contributed by atoms with van der Waals surface area (Å²) in [6, 6.07) is 28.6. The molecule has 7 rings (SSSR count). The van der Waals surface area contributed by atoms with Gasteiger partial charge in [-0.25, -0.2) is 0 Å². The van der Waals surface area contributed by atoms with Crippen LogP contribution in [0, 0.1) is 0 Å². The van der Waals surface area contributed by atoms with E-state index in [2.05, 4.69) is 9.97 Å². The lowest BCUT2D eigenvalue weighted by molar-refractivity contribution is 0.462. The van der Waals surface area contributed by atoms with Gasteiger partial charge < -0.3 is 14.0 Å². The molecular weight excluding hydrogens is 443 g/mol. The first-order chi connectivity index (χ1) is 16.7. The Balaban J connectivity index is 1.52. The van der Waals surface area contributed by atoms with Crippen molar-refractivity contribution in [2.75, 3.05) is 0 Å². The Labute approximate surface area is 196 Å². The summed E-state index contributed by atoms with van der Waals surface area (Å²) in [5.41, 5.74) is 3.39. The molecule has 0 aliphatic carbocycles. The topological polar surface area (TPSA) is 61.3 Å². The molecule has 34 heavy (non-hydrogen) atoms. The Morgan fingerprint density at radius 3 is 1.56 bits per heavy atom. The lowest BCUT2D eigenvalue weighted by Crippen LogP contribution is -2.35. The van der Waals surface area contributed by atoms with E-state index in [0.717, 1.165) is 22.5 Å². The number of rotatable bonds is 2. The second-order valence-electron chi connectivity index (χ2n) is 8.21. The van der Waals surface area contributed by atoms with Crippen LogP contribution in [0.2, 0.25) is 0 Å². The molecule has 2 aromatic heterocycles. The van der Waals surface area contributed by atoms with Crippen molar-refractivity contribution in [1.82, 2.24) is 9.97 Å². The molecule has 0 amide bonds. The number of fused-ring (bicyclic) bond motifs is 4. The second-order valence-corrected chi connectivity index (χ2v) is 10.8. The van der Waals surface area contributed by atoms with Crippen molar-refractivity contribution in [2.45, 2.75) is 0 Å². The first-order valence-electron chi connectivity index (χ1n) is 10.9. The zero-order valence-corrected chi connectivity index (χ0v) is 18.8. The Kier molecular flexibility index (Phi) is 4.05. The van der Waals surface area contributed by atoms with Crippen molar-refractivity contribution >= 4 is 23.1 Å². The number of hydrogen-bond donors (Lipinski definition) is 0. The molecule has 4 heterocycles. The monoisotopic (exact) mass is 460 g/mol. The molecule has 0 fully saturated rings.